The van der Waals surface area contributed by atoms with E-state index in [1.807, 2.05) is 0 Å². The third kappa shape index (κ3) is 3.06. The zero-order valence-corrected chi connectivity index (χ0v) is 12.2. The number of hydrogen-bond donors (Lipinski definition) is 0. The number of carbonyl (C=O) groups is 2. The summed E-state index contributed by atoms with van der Waals surface area (Å²) in [4.78, 5) is 24.2. The van der Waals surface area contributed by atoms with E-state index in [9.17, 15) is 9.59 Å². The van der Waals surface area contributed by atoms with Crippen LogP contribution in [0, 0.1) is 5.92 Å². The van der Waals surface area contributed by atoms with Crippen LogP contribution in [0.15, 0.2) is 24.3 Å². The fraction of sp³-hybridized carbons (Fsp3) is 0.467. The van der Waals surface area contributed by atoms with Gasteiger partial charge in [0.15, 0.2) is 12.1 Å². The summed E-state index contributed by atoms with van der Waals surface area (Å²) in [5.74, 6) is -0.893. The Morgan fingerprint density at radius 1 is 1.24 bits per heavy atom. The van der Waals surface area contributed by atoms with Crippen LogP contribution in [0.2, 0.25) is 0 Å². The summed E-state index contributed by atoms with van der Waals surface area (Å²) in [6.07, 6.45) is -1.53. The Labute approximate surface area is 122 Å². The van der Waals surface area contributed by atoms with Gasteiger partial charge >= 0.3 is 5.97 Å². The highest BCUT2D eigenvalue weighted by Crippen LogP contribution is 2.34. The molecular formula is C15H18O6. The summed E-state index contributed by atoms with van der Waals surface area (Å²) < 4.78 is 20.8. The van der Waals surface area contributed by atoms with Crippen LogP contribution in [0.4, 0.5) is 0 Å². The molecule has 0 radical (unpaired) electrons. The van der Waals surface area contributed by atoms with Gasteiger partial charge in [-0.15, -0.1) is 0 Å². The van der Waals surface area contributed by atoms with Crippen molar-refractivity contribution in [1.82, 2.24) is 0 Å². The molecule has 6 nitrogen and oxygen atoms in total. The van der Waals surface area contributed by atoms with Crippen LogP contribution < -0.4 is 4.74 Å². The molecule has 2 rings (SSSR count). The number of carbonyl (C=O) groups excluding carboxylic acids is 2. The van der Waals surface area contributed by atoms with E-state index < -0.39 is 24.3 Å². The van der Waals surface area contributed by atoms with Crippen molar-refractivity contribution in [2.75, 3.05) is 21.3 Å². The van der Waals surface area contributed by atoms with Crippen molar-refractivity contribution in [2.24, 2.45) is 5.92 Å². The Morgan fingerprint density at radius 2 is 1.90 bits per heavy atom. The van der Waals surface area contributed by atoms with Crippen molar-refractivity contribution in [2.45, 2.75) is 18.8 Å². The Bertz CT molecular complexity index is 523. The summed E-state index contributed by atoms with van der Waals surface area (Å²) in [5, 5.41) is 0. The van der Waals surface area contributed by atoms with Crippen LogP contribution in [-0.2, 0) is 19.0 Å². The minimum absolute atomic E-state index is 0.0511. The maximum absolute atomic E-state index is 12.7. The van der Waals surface area contributed by atoms with Crippen molar-refractivity contribution < 1.29 is 28.5 Å². The first-order valence-electron chi connectivity index (χ1n) is 6.54. The van der Waals surface area contributed by atoms with Crippen molar-refractivity contribution in [3.8, 4) is 5.75 Å². The fourth-order valence-corrected chi connectivity index (χ4v) is 2.46. The summed E-state index contributed by atoms with van der Waals surface area (Å²) in [5.41, 5.74) is 0.461. The van der Waals surface area contributed by atoms with Crippen LogP contribution in [0.3, 0.4) is 0 Å². The minimum Gasteiger partial charge on any atom is -0.488 e. The molecule has 2 atom stereocenters. The van der Waals surface area contributed by atoms with E-state index in [4.69, 9.17) is 14.2 Å². The number of ketones is 1. The van der Waals surface area contributed by atoms with E-state index in [0.717, 1.165) is 0 Å². The van der Waals surface area contributed by atoms with Crippen molar-refractivity contribution in [3.63, 3.8) is 0 Å². The van der Waals surface area contributed by atoms with Gasteiger partial charge in [-0.1, -0.05) is 12.1 Å². The van der Waals surface area contributed by atoms with Gasteiger partial charge in [-0.05, 0) is 12.1 Å². The number of fused-ring (bicyclic) bond motifs is 1. The first kappa shape index (κ1) is 15.5. The first-order valence-corrected chi connectivity index (χ1v) is 6.54. The molecule has 0 N–H and O–H groups in total. The molecular weight excluding hydrogens is 276 g/mol. The van der Waals surface area contributed by atoms with Gasteiger partial charge in [0.1, 0.15) is 17.8 Å². The third-order valence-corrected chi connectivity index (χ3v) is 3.49. The van der Waals surface area contributed by atoms with Gasteiger partial charge in [-0.2, -0.15) is 0 Å². The zero-order chi connectivity index (χ0) is 15.4. The van der Waals surface area contributed by atoms with Gasteiger partial charge in [-0.25, -0.2) is 0 Å². The molecule has 0 saturated carbocycles. The average molecular weight is 294 g/mol. The number of benzene rings is 1. The number of hydrogen-bond acceptors (Lipinski definition) is 6. The van der Waals surface area contributed by atoms with Crippen molar-refractivity contribution in [3.05, 3.63) is 29.8 Å². The third-order valence-electron chi connectivity index (χ3n) is 3.49. The molecule has 114 valence electrons. The van der Waals surface area contributed by atoms with Crippen LogP contribution in [-0.4, -0.2) is 45.5 Å². The second kappa shape index (κ2) is 6.69. The molecule has 1 aromatic rings. The molecule has 0 saturated heterocycles. The molecule has 0 aliphatic carbocycles. The topological polar surface area (TPSA) is 71.1 Å². The van der Waals surface area contributed by atoms with Crippen LogP contribution in [0.5, 0.6) is 5.75 Å². The van der Waals surface area contributed by atoms with Crippen molar-refractivity contribution >= 4 is 11.8 Å². The lowest BCUT2D eigenvalue weighted by atomic mass is 9.87. The molecule has 21 heavy (non-hydrogen) atoms. The smallest absolute Gasteiger partial charge is 0.309 e. The summed E-state index contributed by atoms with van der Waals surface area (Å²) in [7, 11) is 4.17. The molecule has 1 heterocycles. The SMILES string of the molecule is COC(=O)C[C@@H]1Oc2ccccc2C(=O)[C@H]1C(OC)OC. The molecule has 6 heteroatoms. The van der Waals surface area contributed by atoms with E-state index in [1.165, 1.54) is 21.3 Å². The van der Waals surface area contributed by atoms with E-state index in [-0.39, 0.29) is 12.2 Å². The van der Waals surface area contributed by atoms with Crippen molar-refractivity contribution in [1.29, 1.82) is 0 Å². The maximum atomic E-state index is 12.7. The van der Waals surface area contributed by atoms with Gasteiger partial charge in [0.2, 0.25) is 0 Å². The minimum atomic E-state index is -0.791. The fourth-order valence-electron chi connectivity index (χ4n) is 2.46. The average Bonchev–Trinajstić information content (AvgIpc) is 2.51. The lowest BCUT2D eigenvalue weighted by Gasteiger charge is -2.35. The van der Waals surface area contributed by atoms with Crippen LogP contribution in [0.1, 0.15) is 16.8 Å². The number of para-hydroxylation sites is 1. The van der Waals surface area contributed by atoms with Gasteiger partial charge in [-0.3, -0.25) is 9.59 Å². The maximum Gasteiger partial charge on any atom is 0.309 e. The number of rotatable bonds is 5. The van der Waals surface area contributed by atoms with Crippen LogP contribution in [0.25, 0.3) is 0 Å². The quantitative estimate of drug-likeness (QED) is 0.604. The standard InChI is InChI=1S/C15H18O6/c1-18-12(16)8-11-13(15(19-2)20-3)14(17)9-6-4-5-7-10(9)21-11/h4-7,11,13,15H,8H2,1-3H3/t11-,13-/m0/s1. The van der Waals surface area contributed by atoms with E-state index in [1.54, 1.807) is 24.3 Å². The molecule has 1 aliphatic rings. The van der Waals surface area contributed by atoms with E-state index in [2.05, 4.69) is 4.74 Å². The Hall–Kier alpha value is -1.92. The Morgan fingerprint density at radius 3 is 2.52 bits per heavy atom. The van der Waals surface area contributed by atoms with Crippen LogP contribution >= 0.6 is 0 Å². The molecule has 0 aromatic heterocycles. The molecule has 1 aromatic carbocycles. The van der Waals surface area contributed by atoms with Gasteiger partial charge in [0.05, 0.1) is 19.1 Å². The summed E-state index contributed by atoms with van der Waals surface area (Å²) in [6.45, 7) is 0. The molecule has 0 amide bonds. The Kier molecular flexibility index (Phi) is 4.93. The number of ether oxygens (including phenoxy) is 4. The lowest BCUT2D eigenvalue weighted by Crippen LogP contribution is -2.47. The molecule has 0 unspecified atom stereocenters. The normalized spacial score (nSPS) is 20.9. The Balaban J connectivity index is 2.37. The summed E-state index contributed by atoms with van der Waals surface area (Å²) in [6, 6.07) is 6.90. The second-order valence-electron chi connectivity index (χ2n) is 4.66. The van der Waals surface area contributed by atoms with Gasteiger partial charge < -0.3 is 18.9 Å². The van der Waals surface area contributed by atoms with Gasteiger partial charge in [0, 0.05) is 14.2 Å². The largest absolute Gasteiger partial charge is 0.488 e. The predicted molar refractivity (Wildman–Crippen MR) is 73.1 cm³/mol. The highest BCUT2D eigenvalue weighted by Gasteiger charge is 2.43. The molecule has 1 aliphatic heterocycles. The zero-order valence-electron chi connectivity index (χ0n) is 12.2. The highest BCUT2D eigenvalue weighted by atomic mass is 16.7. The highest BCUT2D eigenvalue weighted by molar-refractivity contribution is 6.02. The van der Waals surface area contributed by atoms with E-state index >= 15 is 0 Å². The lowest BCUT2D eigenvalue weighted by molar-refractivity contribution is -0.156. The monoisotopic (exact) mass is 294 g/mol. The molecule has 0 fully saturated rings. The first-order chi connectivity index (χ1) is 10.1. The number of methoxy groups -OCH3 is 3. The predicted octanol–water partition coefficient (Wildman–Crippen LogP) is 1.43. The number of esters is 1. The molecule has 0 bridgehead atoms. The van der Waals surface area contributed by atoms with Gasteiger partial charge in [0.25, 0.3) is 0 Å². The van der Waals surface area contributed by atoms with E-state index in [0.29, 0.717) is 11.3 Å². The summed E-state index contributed by atoms with van der Waals surface area (Å²) >= 11 is 0. The number of Topliss-reactive ketones (excluding diaryl/α,β-unsaturated/α-hetero) is 1. The second-order valence-corrected chi connectivity index (χ2v) is 4.66. The molecule has 0 spiro atoms.